The molecule has 6 heteroatoms. The Morgan fingerprint density at radius 3 is 2.32 bits per heavy atom. The van der Waals surface area contributed by atoms with E-state index in [1.807, 2.05) is 0 Å². The minimum absolute atomic E-state index is 0.178. The predicted molar refractivity (Wildman–Crippen MR) is 67.5 cm³/mol. The van der Waals surface area contributed by atoms with E-state index in [0.29, 0.717) is 11.3 Å². The first-order valence-electron chi connectivity index (χ1n) is 5.89. The molecule has 0 atom stereocenters. The molecular weight excluding hydrogens is 250 g/mol. The van der Waals surface area contributed by atoms with Crippen molar-refractivity contribution in [3.8, 4) is 0 Å². The van der Waals surface area contributed by atoms with Crippen LogP contribution in [0.4, 0.5) is 0 Å². The van der Waals surface area contributed by atoms with E-state index in [-0.39, 0.29) is 30.1 Å². The average molecular weight is 267 g/mol. The minimum Gasteiger partial charge on any atom is -0.481 e. The maximum atomic E-state index is 11.9. The summed E-state index contributed by atoms with van der Waals surface area (Å²) in [6.45, 7) is 4.85. The number of carboxylic acids is 1. The second kappa shape index (κ2) is 5.69. The largest absolute Gasteiger partial charge is 0.481 e. The van der Waals surface area contributed by atoms with Gasteiger partial charge in [-0.25, -0.2) is 4.79 Å². The van der Waals surface area contributed by atoms with Gasteiger partial charge in [0.15, 0.2) is 5.78 Å². The molecular formula is C13H17NO5. The highest BCUT2D eigenvalue weighted by molar-refractivity contribution is 6.01. The fourth-order valence-electron chi connectivity index (χ4n) is 2.21. The number of rotatable bonds is 5. The van der Waals surface area contributed by atoms with Gasteiger partial charge in [0.2, 0.25) is 0 Å². The molecule has 0 unspecified atom stereocenters. The van der Waals surface area contributed by atoms with Crippen LogP contribution in [0.5, 0.6) is 0 Å². The van der Waals surface area contributed by atoms with E-state index in [1.54, 1.807) is 20.9 Å². The molecule has 104 valence electrons. The van der Waals surface area contributed by atoms with Crippen molar-refractivity contribution in [1.82, 2.24) is 4.57 Å². The van der Waals surface area contributed by atoms with E-state index in [9.17, 15) is 14.4 Å². The minimum atomic E-state index is -1.07. The second-order valence-corrected chi connectivity index (χ2v) is 4.20. The summed E-state index contributed by atoms with van der Waals surface area (Å²) in [4.78, 5) is 34.4. The molecule has 19 heavy (non-hydrogen) atoms. The van der Waals surface area contributed by atoms with E-state index in [1.165, 1.54) is 11.5 Å². The lowest BCUT2D eigenvalue weighted by atomic mass is 10.1. The van der Waals surface area contributed by atoms with Gasteiger partial charge in [0, 0.05) is 19.7 Å². The summed E-state index contributed by atoms with van der Waals surface area (Å²) >= 11 is 0. The summed E-state index contributed by atoms with van der Waals surface area (Å²) < 4.78 is 6.38. The average Bonchev–Trinajstić information content (AvgIpc) is 2.50. The summed E-state index contributed by atoms with van der Waals surface area (Å²) in [5, 5.41) is 8.92. The third-order valence-electron chi connectivity index (χ3n) is 2.89. The molecule has 1 N–H and O–H groups in total. The van der Waals surface area contributed by atoms with Crippen molar-refractivity contribution in [2.45, 2.75) is 27.2 Å². The summed E-state index contributed by atoms with van der Waals surface area (Å²) in [6, 6.07) is 0. The highest BCUT2D eigenvalue weighted by Gasteiger charge is 2.27. The van der Waals surface area contributed by atoms with E-state index in [0.717, 1.165) is 0 Å². The van der Waals surface area contributed by atoms with Crippen LogP contribution in [0.1, 0.15) is 46.0 Å². The van der Waals surface area contributed by atoms with Gasteiger partial charge in [-0.1, -0.05) is 0 Å². The monoisotopic (exact) mass is 267 g/mol. The van der Waals surface area contributed by atoms with Crippen molar-refractivity contribution >= 4 is 17.7 Å². The van der Waals surface area contributed by atoms with Crippen molar-refractivity contribution in [2.24, 2.45) is 7.05 Å². The van der Waals surface area contributed by atoms with Crippen LogP contribution in [0, 0.1) is 6.92 Å². The van der Waals surface area contributed by atoms with Crippen molar-refractivity contribution in [3.05, 3.63) is 22.5 Å². The van der Waals surface area contributed by atoms with Crippen molar-refractivity contribution < 1.29 is 24.2 Å². The Morgan fingerprint density at radius 1 is 1.32 bits per heavy atom. The number of Topliss-reactive ketones (excluding diaryl/α,β-unsaturated/α-hetero) is 1. The fourth-order valence-corrected chi connectivity index (χ4v) is 2.21. The van der Waals surface area contributed by atoms with Gasteiger partial charge in [-0.3, -0.25) is 9.59 Å². The standard InChI is InChI=1S/C13H17NO5/c1-5-19-13(18)11-7(2)12(8(3)15)14(4)9(11)6-10(16)17/h5-6H2,1-4H3,(H,16,17). The van der Waals surface area contributed by atoms with Crippen LogP contribution in [0.3, 0.4) is 0 Å². The third kappa shape index (κ3) is 2.83. The van der Waals surface area contributed by atoms with Gasteiger partial charge in [0.05, 0.1) is 24.3 Å². The maximum absolute atomic E-state index is 11.9. The molecule has 0 saturated carbocycles. The Kier molecular flexibility index (Phi) is 4.47. The van der Waals surface area contributed by atoms with Crippen molar-refractivity contribution in [1.29, 1.82) is 0 Å². The molecule has 0 radical (unpaired) electrons. The van der Waals surface area contributed by atoms with Gasteiger partial charge in [-0.2, -0.15) is 0 Å². The quantitative estimate of drug-likeness (QED) is 0.642. The maximum Gasteiger partial charge on any atom is 0.340 e. The molecule has 6 nitrogen and oxygen atoms in total. The van der Waals surface area contributed by atoms with Gasteiger partial charge in [-0.15, -0.1) is 0 Å². The molecule has 1 aromatic heterocycles. The molecule has 1 rings (SSSR count). The molecule has 0 saturated heterocycles. The van der Waals surface area contributed by atoms with Gasteiger partial charge in [0.25, 0.3) is 0 Å². The number of ketones is 1. The first kappa shape index (κ1) is 14.9. The Hall–Kier alpha value is -2.11. The molecule has 0 aliphatic rings. The van der Waals surface area contributed by atoms with Gasteiger partial charge in [-0.05, 0) is 19.4 Å². The topological polar surface area (TPSA) is 85.6 Å². The first-order chi connectivity index (χ1) is 8.81. The highest BCUT2D eigenvalue weighted by Crippen LogP contribution is 2.23. The Balaban J connectivity index is 3.49. The molecule has 0 amide bonds. The molecule has 1 heterocycles. The summed E-state index contributed by atoms with van der Waals surface area (Å²) in [5.74, 6) is -1.89. The number of ether oxygens (including phenoxy) is 1. The van der Waals surface area contributed by atoms with E-state index >= 15 is 0 Å². The zero-order chi connectivity index (χ0) is 14.7. The number of aromatic nitrogens is 1. The molecule has 1 aromatic rings. The van der Waals surface area contributed by atoms with Gasteiger partial charge in [0.1, 0.15) is 0 Å². The van der Waals surface area contributed by atoms with Crippen LogP contribution in [-0.2, 0) is 23.0 Å². The van der Waals surface area contributed by atoms with Crippen LogP contribution in [0.25, 0.3) is 0 Å². The van der Waals surface area contributed by atoms with E-state index in [4.69, 9.17) is 9.84 Å². The van der Waals surface area contributed by atoms with Gasteiger partial charge >= 0.3 is 11.9 Å². The zero-order valence-electron chi connectivity index (χ0n) is 11.4. The first-order valence-corrected chi connectivity index (χ1v) is 5.89. The molecule has 0 aromatic carbocycles. The fraction of sp³-hybridized carbons (Fsp3) is 0.462. The number of carboxylic acid groups (broad SMARTS) is 1. The van der Waals surface area contributed by atoms with E-state index < -0.39 is 11.9 Å². The number of aliphatic carboxylic acids is 1. The molecule has 0 spiro atoms. The van der Waals surface area contributed by atoms with E-state index in [2.05, 4.69) is 0 Å². The van der Waals surface area contributed by atoms with Crippen LogP contribution >= 0.6 is 0 Å². The number of esters is 1. The highest BCUT2D eigenvalue weighted by atomic mass is 16.5. The Labute approximate surface area is 111 Å². The number of carbonyl (C=O) groups is 3. The lowest BCUT2D eigenvalue weighted by Crippen LogP contribution is -2.13. The van der Waals surface area contributed by atoms with Crippen LogP contribution < -0.4 is 0 Å². The zero-order valence-corrected chi connectivity index (χ0v) is 11.4. The third-order valence-corrected chi connectivity index (χ3v) is 2.89. The Morgan fingerprint density at radius 2 is 1.89 bits per heavy atom. The molecule has 0 bridgehead atoms. The lowest BCUT2D eigenvalue weighted by Gasteiger charge is -2.05. The number of hydrogen-bond acceptors (Lipinski definition) is 4. The van der Waals surface area contributed by atoms with Gasteiger partial charge < -0.3 is 14.4 Å². The number of carbonyl (C=O) groups excluding carboxylic acids is 2. The normalized spacial score (nSPS) is 10.3. The number of nitrogens with zero attached hydrogens (tertiary/aromatic N) is 1. The summed E-state index contributed by atoms with van der Waals surface area (Å²) in [7, 11) is 1.57. The van der Waals surface area contributed by atoms with Crippen molar-refractivity contribution in [2.75, 3.05) is 6.61 Å². The van der Waals surface area contributed by atoms with Crippen LogP contribution in [-0.4, -0.2) is 34.0 Å². The lowest BCUT2D eigenvalue weighted by molar-refractivity contribution is -0.136. The van der Waals surface area contributed by atoms with Crippen LogP contribution in [0.15, 0.2) is 0 Å². The molecule has 0 fully saturated rings. The SMILES string of the molecule is CCOC(=O)c1c(C)c(C(C)=O)n(C)c1CC(=O)O. The predicted octanol–water partition coefficient (Wildman–Crippen LogP) is 1.34. The van der Waals surface area contributed by atoms with Crippen molar-refractivity contribution in [3.63, 3.8) is 0 Å². The second-order valence-electron chi connectivity index (χ2n) is 4.20. The smallest absolute Gasteiger partial charge is 0.340 e. The molecule has 0 aliphatic heterocycles. The van der Waals surface area contributed by atoms with Crippen LogP contribution in [0.2, 0.25) is 0 Å². The summed E-state index contributed by atoms with van der Waals surface area (Å²) in [6.07, 6.45) is -0.335. The summed E-state index contributed by atoms with van der Waals surface area (Å²) in [5.41, 5.74) is 1.26. The Bertz CT molecular complexity index is 542. The number of hydrogen-bond donors (Lipinski definition) is 1. The molecule has 0 aliphatic carbocycles.